The molecule has 226 valence electrons. The highest BCUT2D eigenvalue weighted by atomic mass is 32.2. The van der Waals surface area contributed by atoms with Crippen molar-refractivity contribution in [1.82, 2.24) is 0 Å². The van der Waals surface area contributed by atoms with E-state index in [2.05, 4.69) is 121 Å². The molecule has 0 unspecified atom stereocenters. The van der Waals surface area contributed by atoms with Gasteiger partial charge in [0.25, 0.3) is 0 Å². The van der Waals surface area contributed by atoms with Crippen LogP contribution in [0.3, 0.4) is 0 Å². The van der Waals surface area contributed by atoms with Crippen LogP contribution < -0.4 is 0 Å². The molecule has 0 N–H and O–H groups in total. The van der Waals surface area contributed by atoms with Crippen molar-refractivity contribution in [2.45, 2.75) is 39.2 Å². The van der Waals surface area contributed by atoms with E-state index in [0.717, 1.165) is 0 Å². The van der Waals surface area contributed by atoms with Gasteiger partial charge in [0.15, 0.2) is 0 Å². The van der Waals surface area contributed by atoms with E-state index < -0.39 is 0 Å². The number of hydrogen-bond donors (Lipinski definition) is 0. The van der Waals surface area contributed by atoms with E-state index in [9.17, 15) is 0 Å². The van der Waals surface area contributed by atoms with E-state index in [-0.39, 0.29) is 0 Å². The Labute approximate surface area is 311 Å². The molecule has 1 aromatic heterocycles. The number of thiophene rings is 1. The SMILES string of the molecule is C(=C1C(=C2Sc3ccccc3S2)C(=C2Sc3ccccc3S2)C(=C2Sc3ccccc3S2)C1=C1Sc2ccccc2S1)c1cccs1. The average Bonchev–Trinajstić information content (AvgIpc) is 3.94. The van der Waals surface area contributed by atoms with E-state index in [1.165, 1.54) is 88.9 Å². The monoisotopic (exact) mass is 764 g/mol. The second kappa shape index (κ2) is 12.4. The molecule has 0 amide bonds. The molecule has 5 heterocycles. The summed E-state index contributed by atoms with van der Waals surface area (Å²) in [4.78, 5) is 12.1. The fourth-order valence-corrected chi connectivity index (χ4v) is 17.0. The molecule has 0 atom stereocenters. The van der Waals surface area contributed by atoms with Gasteiger partial charge in [0.1, 0.15) is 0 Å². The van der Waals surface area contributed by atoms with Crippen LogP contribution in [-0.4, -0.2) is 0 Å². The van der Waals surface area contributed by atoms with Gasteiger partial charge in [0.2, 0.25) is 0 Å². The smallest absolute Gasteiger partial charge is 0.0585 e. The Bertz CT molecular complexity index is 2050. The number of fused-ring (bicyclic) bond motifs is 4. The third kappa shape index (κ3) is 5.32. The van der Waals surface area contributed by atoms with Crippen molar-refractivity contribution in [3.8, 4) is 0 Å². The molecule has 1 aliphatic carbocycles. The van der Waals surface area contributed by atoms with Crippen LogP contribution in [0.15, 0.2) is 199 Å². The molecule has 47 heavy (non-hydrogen) atoms. The highest BCUT2D eigenvalue weighted by Gasteiger charge is 2.43. The Morgan fingerprint density at radius 1 is 0.319 bits per heavy atom. The van der Waals surface area contributed by atoms with Gasteiger partial charge < -0.3 is 0 Å². The summed E-state index contributed by atoms with van der Waals surface area (Å²) in [6, 6.07) is 40.0. The average molecular weight is 765 g/mol. The molecule has 4 aromatic carbocycles. The Morgan fingerprint density at radius 2 is 0.617 bits per heavy atom. The second-order valence-corrected chi connectivity index (χ2v) is 21.3. The van der Waals surface area contributed by atoms with E-state index in [0.29, 0.717) is 0 Å². The standard InChI is InChI=1S/C38H20S9/c1-2-12-24-23(11-1)40-35(41-24)31-22(20-21-10-9-19-39-21)32(36-42-25-13-3-4-14-26(25)43-36)34(38-46-29-17-7-8-18-30(29)47-38)33(31)37-44-27-15-5-6-16-28(27)45-37/h1-20H. The van der Waals surface area contributed by atoms with Crippen LogP contribution in [0.2, 0.25) is 0 Å². The van der Waals surface area contributed by atoms with Gasteiger partial charge in [-0.05, 0) is 71.6 Å². The molecule has 1 fully saturated rings. The highest BCUT2D eigenvalue weighted by molar-refractivity contribution is 8.26. The molecular weight excluding hydrogens is 745 g/mol. The van der Waals surface area contributed by atoms with Crippen LogP contribution in [-0.2, 0) is 0 Å². The number of allylic oxidation sites excluding steroid dienone is 5. The van der Waals surface area contributed by atoms with Crippen molar-refractivity contribution >= 4 is 112 Å². The van der Waals surface area contributed by atoms with Crippen LogP contribution in [0.5, 0.6) is 0 Å². The largest absolute Gasteiger partial charge is 0.144 e. The fraction of sp³-hybridized carbons (Fsp3) is 0. The zero-order valence-electron chi connectivity index (χ0n) is 24.2. The Morgan fingerprint density at radius 3 is 0.894 bits per heavy atom. The first kappa shape index (κ1) is 29.9. The van der Waals surface area contributed by atoms with Gasteiger partial charge in [-0.1, -0.05) is 149 Å². The molecular formula is C38H20S9. The summed E-state index contributed by atoms with van der Waals surface area (Å²) in [5.74, 6) is 0. The summed E-state index contributed by atoms with van der Waals surface area (Å²) in [6.45, 7) is 0. The lowest BCUT2D eigenvalue weighted by molar-refractivity contribution is 1.27. The lowest BCUT2D eigenvalue weighted by atomic mass is 10.1. The van der Waals surface area contributed by atoms with Gasteiger partial charge in [-0.15, -0.1) is 11.3 Å². The fourth-order valence-electron chi connectivity index (χ4n) is 5.90. The topological polar surface area (TPSA) is 0 Å². The lowest BCUT2D eigenvalue weighted by Crippen LogP contribution is -1.90. The van der Waals surface area contributed by atoms with E-state index in [4.69, 9.17) is 0 Å². The van der Waals surface area contributed by atoms with Gasteiger partial charge in [-0.2, -0.15) is 0 Å². The quantitative estimate of drug-likeness (QED) is 0.163. The minimum absolute atomic E-state index is 1.29. The van der Waals surface area contributed by atoms with Crippen molar-refractivity contribution in [2.24, 2.45) is 0 Å². The molecule has 10 rings (SSSR count). The second-order valence-electron chi connectivity index (χ2n) is 10.8. The van der Waals surface area contributed by atoms with Crippen LogP contribution in [0.25, 0.3) is 6.08 Å². The summed E-state index contributed by atoms with van der Waals surface area (Å²) in [7, 11) is 0. The van der Waals surface area contributed by atoms with Crippen molar-refractivity contribution in [1.29, 1.82) is 0 Å². The Balaban J connectivity index is 1.30. The van der Waals surface area contributed by atoms with Gasteiger partial charge in [-0.25, -0.2) is 0 Å². The summed E-state index contributed by atoms with van der Waals surface area (Å²) < 4.78 is 5.50. The zero-order chi connectivity index (χ0) is 30.9. The van der Waals surface area contributed by atoms with Gasteiger partial charge in [-0.3, -0.25) is 0 Å². The predicted molar refractivity (Wildman–Crippen MR) is 213 cm³/mol. The maximum atomic E-state index is 2.48. The first-order chi connectivity index (χ1) is 23.3. The highest BCUT2D eigenvalue weighted by Crippen LogP contribution is 2.68. The van der Waals surface area contributed by atoms with Crippen LogP contribution in [0, 0.1) is 0 Å². The van der Waals surface area contributed by atoms with Crippen molar-refractivity contribution < 1.29 is 0 Å². The summed E-state index contributed by atoms with van der Waals surface area (Å²) in [6.07, 6.45) is 2.48. The summed E-state index contributed by atoms with van der Waals surface area (Å²) in [5.41, 5.74) is 6.89. The molecule has 4 aliphatic heterocycles. The molecule has 0 radical (unpaired) electrons. The molecule has 5 aromatic rings. The molecule has 9 heteroatoms. The predicted octanol–water partition coefficient (Wildman–Crippen LogP) is 14.6. The van der Waals surface area contributed by atoms with Crippen LogP contribution >= 0.6 is 105 Å². The normalized spacial score (nSPS) is 18.0. The van der Waals surface area contributed by atoms with E-state index in [1.807, 2.05) is 105 Å². The number of rotatable bonds is 1. The van der Waals surface area contributed by atoms with Gasteiger partial charge in [0, 0.05) is 66.3 Å². The third-order valence-corrected chi connectivity index (χ3v) is 19.0. The molecule has 5 aliphatic rings. The third-order valence-electron chi connectivity index (χ3n) is 7.95. The van der Waals surface area contributed by atoms with Crippen LogP contribution in [0.1, 0.15) is 4.88 Å². The first-order valence-electron chi connectivity index (χ1n) is 14.8. The molecule has 0 saturated heterocycles. The van der Waals surface area contributed by atoms with Crippen molar-refractivity contribution in [2.75, 3.05) is 0 Å². The summed E-state index contributed by atoms with van der Waals surface area (Å²) in [5, 5.41) is 2.20. The molecule has 0 bridgehead atoms. The van der Waals surface area contributed by atoms with E-state index in [1.54, 1.807) is 0 Å². The van der Waals surface area contributed by atoms with Crippen molar-refractivity contribution in [3.05, 3.63) is 164 Å². The Kier molecular flexibility index (Phi) is 7.93. The lowest BCUT2D eigenvalue weighted by Gasteiger charge is -2.12. The van der Waals surface area contributed by atoms with Crippen LogP contribution in [0.4, 0.5) is 0 Å². The van der Waals surface area contributed by atoms with Gasteiger partial charge >= 0.3 is 0 Å². The first-order valence-corrected chi connectivity index (χ1v) is 22.2. The Hall–Kier alpha value is -1.92. The zero-order valence-corrected chi connectivity index (χ0v) is 31.6. The minimum atomic E-state index is 1.29. The molecule has 1 saturated carbocycles. The number of hydrogen-bond acceptors (Lipinski definition) is 9. The number of benzene rings is 4. The maximum Gasteiger partial charge on any atom is 0.0585 e. The van der Waals surface area contributed by atoms with Crippen molar-refractivity contribution in [3.63, 3.8) is 0 Å². The maximum absolute atomic E-state index is 2.48. The minimum Gasteiger partial charge on any atom is -0.144 e. The molecule has 0 nitrogen and oxygen atoms in total. The van der Waals surface area contributed by atoms with Gasteiger partial charge in [0.05, 0.1) is 16.9 Å². The molecule has 0 spiro atoms. The van der Waals surface area contributed by atoms with E-state index >= 15 is 0 Å². The summed E-state index contributed by atoms with van der Waals surface area (Å²) >= 11 is 17.4. The number of thioether (sulfide) groups is 8.